The molecule has 0 atom stereocenters. The summed E-state index contributed by atoms with van der Waals surface area (Å²) in [6.07, 6.45) is 1.64. The molecule has 1 aromatic heterocycles. The number of nitrogens with zero attached hydrogens (tertiary/aromatic N) is 3. The minimum Gasteiger partial charge on any atom is -0.495 e. The Hall–Kier alpha value is -2.51. The standard InChI is InChI=1S/C21H25N3O3S/c1-16-6-4-5-7-20(16)28(25,26)24-11-10-17-18(24)8-9-19(27-3)21(17)23-14-12-22(2)13-15-23/h4-11H,12-15H2,1-3H3. The van der Waals surface area contributed by atoms with E-state index < -0.39 is 10.0 Å². The minimum absolute atomic E-state index is 0.324. The molecule has 0 bridgehead atoms. The predicted octanol–water partition coefficient (Wildman–Crippen LogP) is 2.95. The van der Waals surface area contributed by atoms with Gasteiger partial charge < -0.3 is 14.5 Å². The number of aryl methyl sites for hydroxylation is 1. The molecule has 2 aromatic carbocycles. The Morgan fingerprint density at radius 3 is 2.36 bits per heavy atom. The van der Waals surface area contributed by atoms with Crippen LogP contribution in [0.4, 0.5) is 5.69 Å². The number of aromatic nitrogens is 1. The van der Waals surface area contributed by atoms with Crippen LogP contribution in [-0.4, -0.2) is 57.6 Å². The molecule has 0 amide bonds. The van der Waals surface area contributed by atoms with E-state index in [9.17, 15) is 8.42 Å². The average Bonchev–Trinajstić information content (AvgIpc) is 3.13. The Bertz CT molecular complexity index is 1110. The molecular weight excluding hydrogens is 374 g/mol. The van der Waals surface area contributed by atoms with Crippen LogP contribution in [0.2, 0.25) is 0 Å². The van der Waals surface area contributed by atoms with E-state index in [-0.39, 0.29) is 0 Å². The van der Waals surface area contributed by atoms with Crippen molar-refractivity contribution in [2.24, 2.45) is 0 Å². The number of ether oxygens (including phenoxy) is 1. The average molecular weight is 400 g/mol. The van der Waals surface area contributed by atoms with Gasteiger partial charge in [0.15, 0.2) is 0 Å². The fourth-order valence-corrected chi connectivity index (χ4v) is 5.42. The number of piperazine rings is 1. The summed E-state index contributed by atoms with van der Waals surface area (Å²) >= 11 is 0. The summed E-state index contributed by atoms with van der Waals surface area (Å²) in [5, 5.41) is 0.890. The molecule has 28 heavy (non-hydrogen) atoms. The van der Waals surface area contributed by atoms with Gasteiger partial charge in [-0.05, 0) is 43.8 Å². The van der Waals surface area contributed by atoms with Crippen LogP contribution in [0.15, 0.2) is 53.6 Å². The Labute approximate surface area is 166 Å². The lowest BCUT2D eigenvalue weighted by atomic mass is 10.1. The quantitative estimate of drug-likeness (QED) is 0.675. The molecule has 0 aliphatic carbocycles. The Kier molecular flexibility index (Phi) is 4.81. The number of rotatable bonds is 4. The largest absolute Gasteiger partial charge is 0.495 e. The van der Waals surface area contributed by atoms with E-state index in [1.165, 1.54) is 3.97 Å². The van der Waals surface area contributed by atoms with E-state index >= 15 is 0 Å². The number of hydrogen-bond donors (Lipinski definition) is 0. The van der Waals surface area contributed by atoms with Crippen LogP contribution in [0.25, 0.3) is 10.9 Å². The van der Waals surface area contributed by atoms with Crippen molar-refractivity contribution in [1.82, 2.24) is 8.87 Å². The fourth-order valence-electron chi connectivity index (χ4n) is 3.84. The van der Waals surface area contributed by atoms with Gasteiger partial charge in [-0.25, -0.2) is 12.4 Å². The zero-order valence-corrected chi connectivity index (χ0v) is 17.2. The highest BCUT2D eigenvalue weighted by atomic mass is 32.2. The molecule has 3 aromatic rings. The van der Waals surface area contributed by atoms with Crippen molar-refractivity contribution in [2.45, 2.75) is 11.8 Å². The first-order valence-electron chi connectivity index (χ1n) is 9.36. The summed E-state index contributed by atoms with van der Waals surface area (Å²) in [6.45, 7) is 5.49. The second-order valence-electron chi connectivity index (χ2n) is 7.22. The lowest BCUT2D eigenvalue weighted by Crippen LogP contribution is -2.44. The maximum absolute atomic E-state index is 13.3. The molecule has 0 unspecified atom stereocenters. The smallest absolute Gasteiger partial charge is 0.268 e. The summed E-state index contributed by atoms with van der Waals surface area (Å²) in [5.41, 5.74) is 2.36. The maximum atomic E-state index is 13.3. The first kappa shape index (κ1) is 18.8. The van der Waals surface area contributed by atoms with Crippen molar-refractivity contribution in [3.05, 3.63) is 54.2 Å². The summed E-state index contributed by atoms with van der Waals surface area (Å²) in [5.74, 6) is 0.767. The molecule has 4 rings (SSSR count). The third-order valence-electron chi connectivity index (χ3n) is 5.44. The zero-order valence-electron chi connectivity index (χ0n) is 16.4. The van der Waals surface area contributed by atoms with Crippen LogP contribution < -0.4 is 9.64 Å². The second kappa shape index (κ2) is 7.14. The van der Waals surface area contributed by atoms with Gasteiger partial charge in [-0.1, -0.05) is 18.2 Å². The first-order chi connectivity index (χ1) is 13.4. The molecule has 1 aliphatic rings. The van der Waals surface area contributed by atoms with Gasteiger partial charge >= 0.3 is 0 Å². The van der Waals surface area contributed by atoms with Gasteiger partial charge in [0, 0.05) is 37.8 Å². The monoisotopic (exact) mass is 399 g/mol. The molecule has 0 radical (unpaired) electrons. The summed E-state index contributed by atoms with van der Waals surface area (Å²) < 4.78 is 33.6. The highest BCUT2D eigenvalue weighted by molar-refractivity contribution is 7.90. The minimum atomic E-state index is -3.68. The van der Waals surface area contributed by atoms with Gasteiger partial charge in [-0.3, -0.25) is 0 Å². The van der Waals surface area contributed by atoms with Crippen molar-refractivity contribution in [1.29, 1.82) is 0 Å². The number of anilines is 1. The number of hydrogen-bond acceptors (Lipinski definition) is 5. The summed E-state index contributed by atoms with van der Waals surface area (Å²) in [7, 11) is 0.0864. The summed E-state index contributed by atoms with van der Waals surface area (Å²) in [4.78, 5) is 4.90. The van der Waals surface area contributed by atoms with Gasteiger partial charge in [-0.2, -0.15) is 0 Å². The Balaban J connectivity index is 1.88. The number of benzene rings is 2. The van der Waals surface area contributed by atoms with E-state index in [2.05, 4.69) is 16.8 Å². The normalized spacial score (nSPS) is 15.9. The van der Waals surface area contributed by atoms with Crippen molar-refractivity contribution in [3.63, 3.8) is 0 Å². The van der Waals surface area contributed by atoms with Crippen LogP contribution >= 0.6 is 0 Å². The molecule has 6 nitrogen and oxygen atoms in total. The van der Waals surface area contributed by atoms with Crippen molar-refractivity contribution in [3.8, 4) is 5.75 Å². The van der Waals surface area contributed by atoms with E-state index in [0.717, 1.165) is 48.6 Å². The highest BCUT2D eigenvalue weighted by Crippen LogP contribution is 2.38. The molecular formula is C21H25N3O3S. The van der Waals surface area contributed by atoms with Crippen molar-refractivity contribution < 1.29 is 13.2 Å². The number of methoxy groups -OCH3 is 1. The number of fused-ring (bicyclic) bond motifs is 1. The SMILES string of the molecule is COc1ccc2c(ccn2S(=O)(=O)c2ccccc2C)c1N1CCN(C)CC1. The van der Waals surface area contributed by atoms with E-state index in [4.69, 9.17) is 4.74 Å². The third-order valence-corrected chi connectivity index (χ3v) is 7.29. The van der Waals surface area contributed by atoms with E-state index in [1.54, 1.807) is 25.4 Å². The molecule has 1 fully saturated rings. The number of likely N-dealkylation sites (N-methyl/N-ethyl adjacent to an activating group) is 1. The Morgan fingerprint density at radius 1 is 0.964 bits per heavy atom. The molecule has 148 valence electrons. The first-order valence-corrected chi connectivity index (χ1v) is 10.8. The Morgan fingerprint density at radius 2 is 1.68 bits per heavy atom. The lowest BCUT2D eigenvalue weighted by Gasteiger charge is -2.35. The lowest BCUT2D eigenvalue weighted by molar-refractivity contribution is 0.311. The van der Waals surface area contributed by atoms with Gasteiger partial charge in [0.2, 0.25) is 0 Å². The summed E-state index contributed by atoms with van der Waals surface area (Å²) in [6, 6.07) is 12.6. The molecule has 2 heterocycles. The van der Waals surface area contributed by atoms with E-state index in [1.807, 2.05) is 37.3 Å². The second-order valence-corrected chi connectivity index (χ2v) is 9.01. The van der Waals surface area contributed by atoms with Gasteiger partial charge in [-0.15, -0.1) is 0 Å². The van der Waals surface area contributed by atoms with Crippen LogP contribution in [0.5, 0.6) is 5.75 Å². The van der Waals surface area contributed by atoms with E-state index in [0.29, 0.717) is 10.4 Å². The molecule has 0 N–H and O–H groups in total. The van der Waals surface area contributed by atoms with Crippen LogP contribution in [0.1, 0.15) is 5.56 Å². The van der Waals surface area contributed by atoms with Gasteiger partial charge in [0.1, 0.15) is 5.75 Å². The molecule has 1 aliphatic heterocycles. The van der Waals surface area contributed by atoms with Crippen LogP contribution in [0.3, 0.4) is 0 Å². The molecule has 0 spiro atoms. The van der Waals surface area contributed by atoms with Crippen molar-refractivity contribution >= 4 is 26.6 Å². The zero-order chi connectivity index (χ0) is 19.9. The van der Waals surface area contributed by atoms with Crippen LogP contribution in [0, 0.1) is 6.92 Å². The molecule has 0 saturated carbocycles. The predicted molar refractivity (Wildman–Crippen MR) is 112 cm³/mol. The van der Waals surface area contributed by atoms with Crippen molar-refractivity contribution in [2.75, 3.05) is 45.2 Å². The fraction of sp³-hybridized carbons (Fsp3) is 0.333. The highest BCUT2D eigenvalue weighted by Gasteiger charge is 2.25. The van der Waals surface area contributed by atoms with Crippen LogP contribution in [-0.2, 0) is 10.0 Å². The maximum Gasteiger partial charge on any atom is 0.268 e. The topological polar surface area (TPSA) is 54.8 Å². The van der Waals surface area contributed by atoms with Gasteiger partial charge in [0.25, 0.3) is 10.0 Å². The third kappa shape index (κ3) is 3.04. The van der Waals surface area contributed by atoms with Gasteiger partial charge in [0.05, 0.1) is 23.2 Å². The molecule has 7 heteroatoms. The molecule has 1 saturated heterocycles.